The van der Waals surface area contributed by atoms with Crippen LogP contribution in [0.5, 0.6) is 5.75 Å². The molecule has 2 heteroatoms. The third-order valence-corrected chi connectivity index (χ3v) is 3.33. The van der Waals surface area contributed by atoms with E-state index >= 15 is 0 Å². The molecule has 0 atom stereocenters. The lowest BCUT2D eigenvalue weighted by Gasteiger charge is -2.42. The van der Waals surface area contributed by atoms with Gasteiger partial charge in [-0.1, -0.05) is 19.9 Å². The van der Waals surface area contributed by atoms with Gasteiger partial charge < -0.3 is 4.74 Å². The third-order valence-electron chi connectivity index (χ3n) is 3.33. The Labute approximate surface area is 103 Å². The van der Waals surface area contributed by atoms with E-state index in [4.69, 9.17) is 4.74 Å². The number of benzene rings is 1. The molecule has 0 unspecified atom stereocenters. The van der Waals surface area contributed by atoms with Crippen molar-refractivity contribution in [3.63, 3.8) is 0 Å². The predicted molar refractivity (Wildman–Crippen MR) is 68.2 cm³/mol. The SMILES string of the molecule is Cc1cc(C#N)c2c(c1)C(C)(C)CC(C)(C)O2. The van der Waals surface area contributed by atoms with Crippen LogP contribution in [0, 0.1) is 18.3 Å². The average molecular weight is 229 g/mol. The second kappa shape index (κ2) is 3.50. The molecule has 17 heavy (non-hydrogen) atoms. The fourth-order valence-corrected chi connectivity index (χ4v) is 2.94. The van der Waals surface area contributed by atoms with Crippen molar-refractivity contribution in [2.24, 2.45) is 0 Å². The highest BCUT2D eigenvalue weighted by molar-refractivity contribution is 5.54. The molecule has 0 saturated heterocycles. The standard InChI is InChI=1S/C15H19NO/c1-10-6-11(8-16)13-12(7-10)14(2,3)9-15(4,5)17-13/h6-7H,9H2,1-5H3. The van der Waals surface area contributed by atoms with Crippen LogP contribution in [-0.2, 0) is 5.41 Å². The number of nitriles is 1. The number of fused-ring (bicyclic) bond motifs is 1. The van der Waals surface area contributed by atoms with Crippen molar-refractivity contribution >= 4 is 0 Å². The van der Waals surface area contributed by atoms with Gasteiger partial charge in [0.2, 0.25) is 0 Å². The summed E-state index contributed by atoms with van der Waals surface area (Å²) >= 11 is 0. The van der Waals surface area contributed by atoms with Gasteiger partial charge in [0, 0.05) is 5.56 Å². The highest BCUT2D eigenvalue weighted by Crippen LogP contribution is 2.46. The first-order chi connectivity index (χ1) is 7.75. The van der Waals surface area contributed by atoms with Crippen molar-refractivity contribution in [3.8, 4) is 11.8 Å². The molecule has 0 spiro atoms. The van der Waals surface area contributed by atoms with Gasteiger partial charge in [0.25, 0.3) is 0 Å². The van der Waals surface area contributed by atoms with Crippen molar-refractivity contribution < 1.29 is 4.74 Å². The Morgan fingerprint density at radius 3 is 2.47 bits per heavy atom. The van der Waals surface area contributed by atoms with Crippen molar-refractivity contribution in [3.05, 3.63) is 28.8 Å². The monoisotopic (exact) mass is 229 g/mol. The fourth-order valence-electron chi connectivity index (χ4n) is 2.94. The molecule has 1 aromatic carbocycles. The summed E-state index contributed by atoms with van der Waals surface area (Å²) in [5, 5.41) is 9.23. The number of ether oxygens (including phenoxy) is 1. The highest BCUT2D eigenvalue weighted by atomic mass is 16.5. The van der Waals surface area contributed by atoms with E-state index in [0.29, 0.717) is 5.56 Å². The number of nitrogens with zero attached hydrogens (tertiary/aromatic N) is 1. The quantitative estimate of drug-likeness (QED) is 0.679. The molecule has 1 aliphatic heterocycles. The molecule has 0 N–H and O–H groups in total. The lowest BCUT2D eigenvalue weighted by atomic mass is 9.73. The van der Waals surface area contributed by atoms with E-state index in [-0.39, 0.29) is 11.0 Å². The number of aryl methyl sites for hydroxylation is 1. The van der Waals surface area contributed by atoms with E-state index in [9.17, 15) is 5.26 Å². The Kier molecular flexibility index (Phi) is 2.47. The minimum absolute atomic E-state index is 0.0503. The van der Waals surface area contributed by atoms with E-state index in [0.717, 1.165) is 23.3 Å². The van der Waals surface area contributed by atoms with Crippen LogP contribution < -0.4 is 4.74 Å². The molecule has 0 saturated carbocycles. The van der Waals surface area contributed by atoms with E-state index in [1.165, 1.54) is 0 Å². The molecule has 0 radical (unpaired) electrons. The highest BCUT2D eigenvalue weighted by Gasteiger charge is 2.40. The molecular formula is C15H19NO. The maximum Gasteiger partial charge on any atom is 0.141 e. The van der Waals surface area contributed by atoms with Gasteiger partial charge in [0.05, 0.1) is 5.56 Å². The van der Waals surface area contributed by atoms with Gasteiger partial charge in [-0.15, -0.1) is 0 Å². The van der Waals surface area contributed by atoms with Gasteiger partial charge in [-0.2, -0.15) is 5.26 Å². The lowest BCUT2D eigenvalue weighted by Crippen LogP contribution is -2.41. The Morgan fingerprint density at radius 1 is 1.24 bits per heavy atom. The summed E-state index contributed by atoms with van der Waals surface area (Å²) in [7, 11) is 0. The maximum atomic E-state index is 9.23. The van der Waals surface area contributed by atoms with Gasteiger partial charge in [-0.25, -0.2) is 0 Å². The van der Waals surface area contributed by atoms with Crippen LogP contribution in [0.3, 0.4) is 0 Å². The normalized spacial score (nSPS) is 20.0. The topological polar surface area (TPSA) is 33.0 Å². The Balaban J connectivity index is 2.70. The van der Waals surface area contributed by atoms with Gasteiger partial charge in [-0.05, 0) is 44.2 Å². The van der Waals surface area contributed by atoms with Gasteiger partial charge in [-0.3, -0.25) is 0 Å². The van der Waals surface area contributed by atoms with Gasteiger partial charge in [0.15, 0.2) is 0 Å². The summed E-state index contributed by atoms with van der Waals surface area (Å²) in [6.07, 6.45) is 0.960. The molecule has 90 valence electrons. The molecule has 1 aromatic rings. The Bertz CT molecular complexity index is 506. The smallest absolute Gasteiger partial charge is 0.141 e. The summed E-state index contributed by atoms with van der Waals surface area (Å²) in [6.45, 7) is 10.6. The first-order valence-electron chi connectivity index (χ1n) is 5.99. The number of hydrogen-bond donors (Lipinski definition) is 0. The summed E-state index contributed by atoms with van der Waals surface area (Å²) < 4.78 is 6.01. The van der Waals surface area contributed by atoms with Crippen LogP contribution in [0.1, 0.15) is 50.8 Å². The van der Waals surface area contributed by atoms with Crippen LogP contribution in [0.25, 0.3) is 0 Å². The molecule has 0 amide bonds. The Morgan fingerprint density at radius 2 is 1.88 bits per heavy atom. The van der Waals surface area contributed by atoms with E-state index in [1.807, 2.05) is 13.0 Å². The minimum Gasteiger partial charge on any atom is -0.486 e. The van der Waals surface area contributed by atoms with Crippen molar-refractivity contribution in [1.82, 2.24) is 0 Å². The number of rotatable bonds is 0. The van der Waals surface area contributed by atoms with Crippen LogP contribution in [0.4, 0.5) is 0 Å². The lowest BCUT2D eigenvalue weighted by molar-refractivity contribution is 0.0530. The maximum absolute atomic E-state index is 9.23. The van der Waals surface area contributed by atoms with Crippen molar-refractivity contribution in [1.29, 1.82) is 5.26 Å². The molecule has 0 bridgehead atoms. The molecule has 1 aliphatic rings. The molecule has 0 aromatic heterocycles. The average Bonchev–Trinajstić information content (AvgIpc) is 2.16. The predicted octanol–water partition coefficient (Wildman–Crippen LogP) is 3.71. The molecular weight excluding hydrogens is 210 g/mol. The van der Waals surface area contributed by atoms with Gasteiger partial charge in [0.1, 0.15) is 17.4 Å². The zero-order valence-corrected chi connectivity index (χ0v) is 11.2. The second-order valence-corrected chi connectivity index (χ2v) is 6.22. The fraction of sp³-hybridized carbons (Fsp3) is 0.533. The van der Waals surface area contributed by atoms with Crippen molar-refractivity contribution in [2.75, 3.05) is 0 Å². The largest absolute Gasteiger partial charge is 0.486 e. The van der Waals surface area contributed by atoms with Crippen LogP contribution in [0.15, 0.2) is 12.1 Å². The summed E-state index contributed by atoms with van der Waals surface area (Å²) in [6, 6.07) is 6.29. The molecule has 1 heterocycles. The van der Waals surface area contributed by atoms with Crippen LogP contribution >= 0.6 is 0 Å². The van der Waals surface area contributed by atoms with Gasteiger partial charge >= 0.3 is 0 Å². The minimum atomic E-state index is -0.211. The molecule has 2 rings (SSSR count). The molecule has 0 aliphatic carbocycles. The van der Waals surface area contributed by atoms with Crippen molar-refractivity contribution in [2.45, 2.75) is 52.1 Å². The summed E-state index contributed by atoms with van der Waals surface area (Å²) in [5.74, 6) is 0.777. The molecule has 0 fully saturated rings. The number of hydrogen-bond acceptors (Lipinski definition) is 2. The summed E-state index contributed by atoms with van der Waals surface area (Å²) in [4.78, 5) is 0. The zero-order chi connectivity index (χ0) is 12.8. The van der Waals surface area contributed by atoms with E-state index in [1.54, 1.807) is 0 Å². The van der Waals surface area contributed by atoms with E-state index < -0.39 is 0 Å². The first kappa shape index (κ1) is 12.0. The van der Waals surface area contributed by atoms with E-state index in [2.05, 4.69) is 39.8 Å². The first-order valence-corrected chi connectivity index (χ1v) is 5.99. The second-order valence-electron chi connectivity index (χ2n) is 6.22. The van der Waals surface area contributed by atoms with Crippen LogP contribution in [-0.4, -0.2) is 5.60 Å². The summed E-state index contributed by atoms with van der Waals surface area (Å²) in [5.41, 5.74) is 2.78. The zero-order valence-electron chi connectivity index (χ0n) is 11.2. The van der Waals surface area contributed by atoms with Crippen LogP contribution in [0.2, 0.25) is 0 Å². The molecule has 2 nitrogen and oxygen atoms in total. The third kappa shape index (κ3) is 2.02. The Hall–Kier alpha value is -1.49.